The summed E-state index contributed by atoms with van der Waals surface area (Å²) in [5, 5.41) is 0. The summed E-state index contributed by atoms with van der Waals surface area (Å²) >= 11 is 0. The van der Waals surface area contributed by atoms with Crippen LogP contribution in [-0.4, -0.2) is 65.2 Å². The maximum absolute atomic E-state index is 10.3. The van der Waals surface area contributed by atoms with Crippen molar-refractivity contribution in [2.75, 3.05) is 39.3 Å². The van der Waals surface area contributed by atoms with Crippen molar-refractivity contribution in [2.45, 2.75) is 51.3 Å². The lowest BCUT2D eigenvalue weighted by molar-refractivity contribution is 0.315. The highest BCUT2D eigenvalue weighted by atomic mass is 32.2. The molecule has 0 aliphatic rings. The summed E-state index contributed by atoms with van der Waals surface area (Å²) in [7, 11) is -8.51. The Morgan fingerprint density at radius 1 is 0.389 bits per heavy atom. The molecule has 0 amide bonds. The van der Waals surface area contributed by atoms with Gasteiger partial charge in [-0.05, 0) is 114 Å². The largest absolute Gasteiger partial charge is 0.744 e. The third kappa shape index (κ3) is 12.2. The van der Waals surface area contributed by atoms with Crippen molar-refractivity contribution in [1.82, 2.24) is 8.97 Å². The number of hydrogen-bond acceptors (Lipinski definition) is 8. The number of hydrogen-bond donors (Lipinski definition) is 0. The van der Waals surface area contributed by atoms with Crippen molar-refractivity contribution >= 4 is 31.6 Å². The minimum Gasteiger partial charge on any atom is -0.744 e. The van der Waals surface area contributed by atoms with E-state index in [1.54, 1.807) is 12.1 Å². The number of ether oxygens (including phenoxy) is 2. The van der Waals surface area contributed by atoms with Gasteiger partial charge in [-0.3, -0.25) is 8.97 Å². The van der Waals surface area contributed by atoms with Crippen molar-refractivity contribution < 1.29 is 35.4 Å². The van der Waals surface area contributed by atoms with E-state index in [0.29, 0.717) is 0 Å². The standard InChI is InChI=1S/C30H42N2O2.2C6H6O3S/c1-7-31(8-2,9-3)25-13-17-27(18-14-25)33-29-21-23-30(24-22-29)34-28-19-15-26(16-20-28)32(10-4,11-5)12-6;2*7-10(8,9)6-4-2-1-3-5-6/h13-24H,7-12H2,1-6H3;2*1-5H,(H,7,8,9)/q+2;;/p-2. The van der Waals surface area contributed by atoms with Gasteiger partial charge >= 0.3 is 0 Å². The maximum atomic E-state index is 10.3. The molecule has 0 bridgehead atoms. The molecule has 0 spiro atoms. The van der Waals surface area contributed by atoms with E-state index in [-0.39, 0.29) is 9.79 Å². The lowest BCUT2D eigenvalue weighted by Crippen LogP contribution is -2.48. The van der Waals surface area contributed by atoms with Gasteiger partial charge in [-0.2, -0.15) is 0 Å². The van der Waals surface area contributed by atoms with Crippen molar-refractivity contribution in [3.8, 4) is 23.0 Å². The first-order valence-electron chi connectivity index (χ1n) is 18.1. The average molecular weight is 777 g/mol. The molecule has 5 rings (SSSR count). The van der Waals surface area contributed by atoms with E-state index in [0.717, 1.165) is 71.2 Å². The van der Waals surface area contributed by atoms with Crippen LogP contribution in [0.15, 0.2) is 143 Å². The smallest absolute Gasteiger partial charge is 0.133 e. The first-order valence-corrected chi connectivity index (χ1v) is 20.9. The quantitative estimate of drug-likeness (QED) is 0.0806. The first kappa shape index (κ1) is 43.8. The molecule has 0 radical (unpaired) electrons. The lowest BCUT2D eigenvalue weighted by Gasteiger charge is -2.35. The molecule has 0 aliphatic heterocycles. The highest BCUT2D eigenvalue weighted by Gasteiger charge is 2.25. The molecule has 0 saturated heterocycles. The number of nitrogens with zero attached hydrogens (tertiary/aromatic N) is 2. The molecule has 0 fully saturated rings. The van der Waals surface area contributed by atoms with Crippen LogP contribution >= 0.6 is 0 Å². The molecule has 0 unspecified atom stereocenters. The third-order valence-electron chi connectivity index (χ3n) is 9.76. The Kier molecular flexibility index (Phi) is 16.4. The van der Waals surface area contributed by atoms with Crippen LogP contribution in [0.4, 0.5) is 11.4 Å². The van der Waals surface area contributed by atoms with Crippen LogP contribution in [0, 0.1) is 0 Å². The summed E-state index contributed by atoms with van der Waals surface area (Å²) in [6, 6.07) is 39.2. The zero-order chi connectivity index (χ0) is 39.8. The van der Waals surface area contributed by atoms with Crippen LogP contribution in [0.1, 0.15) is 41.5 Å². The van der Waals surface area contributed by atoms with E-state index >= 15 is 0 Å². The Bertz CT molecular complexity index is 1880. The maximum Gasteiger partial charge on any atom is 0.133 e. The van der Waals surface area contributed by atoms with Gasteiger partial charge in [0.1, 0.15) is 54.6 Å². The highest BCUT2D eigenvalue weighted by Crippen LogP contribution is 2.31. The Morgan fingerprint density at radius 3 is 0.796 bits per heavy atom. The summed E-state index contributed by atoms with van der Waals surface area (Å²) in [6.07, 6.45) is 0. The molecule has 5 aromatic carbocycles. The highest BCUT2D eigenvalue weighted by molar-refractivity contribution is 7.86. The molecular weight excluding hydrogens is 725 g/mol. The predicted molar refractivity (Wildman–Crippen MR) is 215 cm³/mol. The van der Waals surface area contributed by atoms with Crippen molar-refractivity contribution in [1.29, 1.82) is 0 Å². The van der Waals surface area contributed by atoms with Gasteiger partial charge in [0.2, 0.25) is 0 Å². The van der Waals surface area contributed by atoms with Crippen LogP contribution in [0.3, 0.4) is 0 Å². The summed E-state index contributed by atoms with van der Waals surface area (Å²) in [5.41, 5.74) is 2.67. The first-order chi connectivity index (χ1) is 25.7. The van der Waals surface area contributed by atoms with Crippen LogP contribution in [0.5, 0.6) is 23.0 Å². The van der Waals surface area contributed by atoms with E-state index in [1.165, 1.54) is 59.9 Å². The van der Waals surface area contributed by atoms with Gasteiger partial charge in [0.15, 0.2) is 0 Å². The SMILES string of the molecule is CC[N+](CC)(CC)c1ccc(Oc2ccc(Oc3ccc([N+](CC)(CC)CC)cc3)cc2)cc1.O=S(=O)([O-])c1ccccc1.O=S(=O)([O-])c1ccccc1. The van der Waals surface area contributed by atoms with E-state index in [4.69, 9.17) is 9.47 Å². The fourth-order valence-electron chi connectivity index (χ4n) is 6.12. The molecule has 54 heavy (non-hydrogen) atoms. The zero-order valence-corrected chi connectivity index (χ0v) is 33.6. The normalized spacial score (nSPS) is 11.7. The topological polar surface area (TPSA) is 133 Å². The Morgan fingerprint density at radius 2 is 0.611 bits per heavy atom. The van der Waals surface area contributed by atoms with Gasteiger partial charge in [0, 0.05) is 24.3 Å². The van der Waals surface area contributed by atoms with Crippen molar-refractivity contribution in [3.63, 3.8) is 0 Å². The second kappa shape index (κ2) is 20.2. The van der Waals surface area contributed by atoms with E-state index < -0.39 is 20.2 Å². The van der Waals surface area contributed by atoms with Gasteiger partial charge < -0.3 is 18.6 Å². The summed E-state index contributed by atoms with van der Waals surface area (Å²) in [5.74, 6) is 3.29. The van der Waals surface area contributed by atoms with E-state index in [1.807, 2.05) is 24.3 Å². The molecule has 0 aromatic heterocycles. The van der Waals surface area contributed by atoms with Gasteiger partial charge in [-0.15, -0.1) is 0 Å². The number of benzene rings is 5. The van der Waals surface area contributed by atoms with Crippen LogP contribution in [0.2, 0.25) is 0 Å². The van der Waals surface area contributed by atoms with Gasteiger partial charge in [0.25, 0.3) is 0 Å². The second-order valence-corrected chi connectivity index (χ2v) is 15.1. The molecular formula is C42H52N2O8S2. The molecule has 0 heterocycles. The van der Waals surface area contributed by atoms with Gasteiger partial charge in [0.05, 0.1) is 49.1 Å². The third-order valence-corrected chi connectivity index (χ3v) is 11.5. The fraction of sp³-hybridized carbons (Fsp3) is 0.286. The van der Waals surface area contributed by atoms with Gasteiger partial charge in [-0.1, -0.05) is 36.4 Å². The summed E-state index contributed by atoms with van der Waals surface area (Å²) in [4.78, 5) is -0.370. The molecule has 5 aromatic rings. The Hall–Kier alpha value is -4.56. The van der Waals surface area contributed by atoms with E-state index in [9.17, 15) is 25.9 Å². The van der Waals surface area contributed by atoms with Crippen molar-refractivity contribution in [3.05, 3.63) is 133 Å². The predicted octanol–water partition coefficient (Wildman–Crippen LogP) is 9.19. The van der Waals surface area contributed by atoms with Gasteiger partial charge in [-0.25, -0.2) is 16.8 Å². The minimum absolute atomic E-state index is 0.185. The Labute approximate surface area is 321 Å². The van der Waals surface area contributed by atoms with Crippen LogP contribution in [-0.2, 0) is 20.2 Å². The Balaban J connectivity index is 0.000000316. The molecule has 12 heteroatoms. The zero-order valence-electron chi connectivity index (χ0n) is 31.9. The molecule has 0 saturated carbocycles. The van der Waals surface area contributed by atoms with Crippen LogP contribution in [0.25, 0.3) is 0 Å². The minimum atomic E-state index is -4.25. The summed E-state index contributed by atoms with van der Waals surface area (Å²) in [6.45, 7) is 20.1. The molecule has 10 nitrogen and oxygen atoms in total. The van der Waals surface area contributed by atoms with E-state index in [2.05, 4.69) is 90.1 Å². The molecule has 290 valence electrons. The van der Waals surface area contributed by atoms with Crippen molar-refractivity contribution in [2.24, 2.45) is 0 Å². The average Bonchev–Trinajstić information content (AvgIpc) is 3.19. The van der Waals surface area contributed by atoms with Crippen LogP contribution < -0.4 is 18.4 Å². The number of quaternary nitrogens is 2. The molecule has 0 atom stereocenters. The number of rotatable bonds is 14. The fourth-order valence-corrected chi connectivity index (χ4v) is 7.10. The lowest BCUT2D eigenvalue weighted by atomic mass is 10.2. The summed E-state index contributed by atoms with van der Waals surface area (Å²) < 4.78 is 75.8. The second-order valence-electron chi connectivity index (χ2n) is 12.4. The monoisotopic (exact) mass is 776 g/mol. The molecule has 0 N–H and O–H groups in total. The molecule has 0 aliphatic carbocycles.